The first kappa shape index (κ1) is 15.8. The average molecular weight is 304 g/mol. The van der Waals surface area contributed by atoms with Crippen LogP contribution in [0.1, 0.15) is 30.1 Å². The third-order valence-corrected chi connectivity index (χ3v) is 3.81. The molecule has 1 fully saturated rings. The largest absolute Gasteiger partial charge is 0.338 e. The maximum atomic E-state index is 13.6. The zero-order valence-corrected chi connectivity index (χ0v) is 11.5. The molecule has 0 bridgehead atoms. The summed E-state index contributed by atoms with van der Waals surface area (Å²) in [5.74, 6) is -7.55. The van der Waals surface area contributed by atoms with Crippen molar-refractivity contribution in [1.29, 1.82) is 0 Å². The molecule has 1 amide bonds. The molecule has 2 N–H and O–H groups in total. The van der Waals surface area contributed by atoms with Gasteiger partial charge in [-0.25, -0.2) is 17.6 Å². The average Bonchev–Trinajstić information content (AvgIpc) is 2.45. The second-order valence-electron chi connectivity index (χ2n) is 5.36. The summed E-state index contributed by atoms with van der Waals surface area (Å²) in [5.41, 5.74) is 4.59. The second-order valence-corrected chi connectivity index (χ2v) is 5.36. The fraction of sp³-hybridized carbons (Fsp3) is 0.500. The van der Waals surface area contributed by atoms with E-state index in [4.69, 9.17) is 5.73 Å². The number of nitrogens with two attached hydrogens (primary N) is 1. The van der Waals surface area contributed by atoms with Crippen LogP contribution in [0.3, 0.4) is 0 Å². The molecule has 1 saturated heterocycles. The summed E-state index contributed by atoms with van der Waals surface area (Å²) in [6, 6.07) is -0.0953. The van der Waals surface area contributed by atoms with Gasteiger partial charge in [-0.15, -0.1) is 0 Å². The number of carbonyl (C=O) groups is 1. The van der Waals surface area contributed by atoms with Crippen LogP contribution in [0.4, 0.5) is 17.6 Å². The van der Waals surface area contributed by atoms with E-state index in [1.54, 1.807) is 6.92 Å². The third kappa shape index (κ3) is 3.02. The van der Waals surface area contributed by atoms with Gasteiger partial charge in [0.15, 0.2) is 23.3 Å². The van der Waals surface area contributed by atoms with Crippen LogP contribution in [0.15, 0.2) is 6.07 Å². The Morgan fingerprint density at radius 3 is 2.38 bits per heavy atom. The minimum absolute atomic E-state index is 0.00720. The van der Waals surface area contributed by atoms with Crippen LogP contribution < -0.4 is 5.73 Å². The second kappa shape index (κ2) is 6.01. The van der Waals surface area contributed by atoms with E-state index in [0.29, 0.717) is 6.42 Å². The molecule has 0 saturated carbocycles. The maximum Gasteiger partial charge on any atom is 0.260 e. The zero-order valence-electron chi connectivity index (χ0n) is 11.5. The van der Waals surface area contributed by atoms with Crippen molar-refractivity contribution in [2.24, 2.45) is 11.7 Å². The summed E-state index contributed by atoms with van der Waals surface area (Å²) >= 11 is 0. The van der Waals surface area contributed by atoms with Crippen molar-refractivity contribution in [3.63, 3.8) is 0 Å². The predicted molar refractivity (Wildman–Crippen MR) is 68.6 cm³/mol. The van der Waals surface area contributed by atoms with Gasteiger partial charge in [0.05, 0.1) is 0 Å². The molecule has 1 aliphatic heterocycles. The summed E-state index contributed by atoms with van der Waals surface area (Å²) in [6.45, 7) is 2.27. The monoisotopic (exact) mass is 304 g/mol. The molecule has 2 atom stereocenters. The lowest BCUT2D eigenvalue weighted by Crippen LogP contribution is -2.45. The highest BCUT2D eigenvalue weighted by molar-refractivity contribution is 5.95. The highest BCUT2D eigenvalue weighted by atomic mass is 19.2. The molecule has 3 nitrogen and oxygen atoms in total. The highest BCUT2D eigenvalue weighted by Gasteiger charge is 2.32. The standard InChI is InChI=1S/C14H16F4N2O/c1-7(19)8-3-2-4-20(6-8)14(21)11-12(17)9(15)5-10(16)13(11)18/h5,7-8H,2-4,6,19H2,1H3/t7-,8+/m0/s1. The predicted octanol–water partition coefficient (Wildman–Crippen LogP) is 2.44. The fourth-order valence-electron chi connectivity index (χ4n) is 2.54. The number of hydrogen-bond acceptors (Lipinski definition) is 2. The first-order valence-corrected chi connectivity index (χ1v) is 6.70. The number of rotatable bonds is 2. The highest BCUT2D eigenvalue weighted by Crippen LogP contribution is 2.25. The van der Waals surface area contributed by atoms with Gasteiger partial charge in [0.1, 0.15) is 5.56 Å². The van der Waals surface area contributed by atoms with Crippen molar-refractivity contribution >= 4 is 5.91 Å². The molecule has 0 spiro atoms. The minimum atomic E-state index is -1.66. The van der Waals surface area contributed by atoms with Gasteiger partial charge in [-0.2, -0.15) is 0 Å². The Morgan fingerprint density at radius 2 is 1.86 bits per heavy atom. The van der Waals surface area contributed by atoms with E-state index in [9.17, 15) is 22.4 Å². The van der Waals surface area contributed by atoms with Gasteiger partial charge in [0, 0.05) is 25.2 Å². The lowest BCUT2D eigenvalue weighted by Gasteiger charge is -2.34. The molecular weight excluding hydrogens is 288 g/mol. The molecule has 1 aromatic carbocycles. The van der Waals surface area contributed by atoms with Gasteiger partial charge < -0.3 is 10.6 Å². The Bertz CT molecular complexity index is 536. The van der Waals surface area contributed by atoms with E-state index < -0.39 is 34.7 Å². The van der Waals surface area contributed by atoms with Gasteiger partial charge in [-0.1, -0.05) is 0 Å². The summed E-state index contributed by atoms with van der Waals surface area (Å²) < 4.78 is 53.7. The van der Waals surface area contributed by atoms with Crippen LogP contribution in [0.2, 0.25) is 0 Å². The van der Waals surface area contributed by atoms with E-state index in [1.165, 1.54) is 4.90 Å². The van der Waals surface area contributed by atoms with Crippen molar-refractivity contribution in [1.82, 2.24) is 4.90 Å². The summed E-state index contributed by atoms with van der Waals surface area (Å²) in [5, 5.41) is 0. The Kier molecular flexibility index (Phi) is 4.51. The molecule has 0 unspecified atom stereocenters. The van der Waals surface area contributed by atoms with Crippen LogP contribution in [0.5, 0.6) is 0 Å². The summed E-state index contributed by atoms with van der Waals surface area (Å²) in [6.07, 6.45) is 1.42. The molecule has 0 aromatic heterocycles. The van der Waals surface area contributed by atoms with Crippen molar-refractivity contribution in [2.45, 2.75) is 25.8 Å². The first-order chi connectivity index (χ1) is 9.82. The topological polar surface area (TPSA) is 46.3 Å². The van der Waals surface area contributed by atoms with Crippen molar-refractivity contribution < 1.29 is 22.4 Å². The van der Waals surface area contributed by atoms with E-state index in [0.717, 1.165) is 6.42 Å². The Morgan fingerprint density at radius 1 is 1.29 bits per heavy atom. The van der Waals surface area contributed by atoms with Gasteiger partial charge in [0.25, 0.3) is 5.91 Å². The molecule has 1 aliphatic rings. The van der Waals surface area contributed by atoms with Crippen molar-refractivity contribution in [3.05, 3.63) is 34.9 Å². The number of carbonyl (C=O) groups excluding carboxylic acids is 1. The number of halogens is 4. The molecule has 0 aliphatic carbocycles. The Hall–Kier alpha value is -1.63. The quantitative estimate of drug-likeness (QED) is 0.674. The van der Waals surface area contributed by atoms with Gasteiger partial charge >= 0.3 is 0 Å². The van der Waals surface area contributed by atoms with Crippen LogP contribution in [-0.4, -0.2) is 29.9 Å². The Balaban J connectivity index is 2.32. The Labute approximate surface area is 119 Å². The third-order valence-electron chi connectivity index (χ3n) is 3.81. The molecule has 2 rings (SSSR count). The molecule has 21 heavy (non-hydrogen) atoms. The molecule has 1 aromatic rings. The normalized spacial score (nSPS) is 20.5. The molecule has 0 radical (unpaired) electrons. The first-order valence-electron chi connectivity index (χ1n) is 6.70. The van der Waals surface area contributed by atoms with Gasteiger partial charge in [0.2, 0.25) is 0 Å². The van der Waals surface area contributed by atoms with Crippen molar-refractivity contribution in [3.8, 4) is 0 Å². The van der Waals surface area contributed by atoms with Gasteiger partial charge in [-0.05, 0) is 25.7 Å². The van der Waals surface area contributed by atoms with E-state index in [-0.39, 0.29) is 31.1 Å². The fourth-order valence-corrected chi connectivity index (χ4v) is 2.54. The van der Waals surface area contributed by atoms with Crippen LogP contribution in [0, 0.1) is 29.2 Å². The maximum absolute atomic E-state index is 13.6. The summed E-state index contributed by atoms with van der Waals surface area (Å²) in [4.78, 5) is 13.4. The lowest BCUT2D eigenvalue weighted by molar-refractivity contribution is 0.0648. The molecular formula is C14H16F4N2O. The number of hydrogen-bond donors (Lipinski definition) is 1. The smallest absolute Gasteiger partial charge is 0.260 e. The zero-order chi connectivity index (χ0) is 15.7. The minimum Gasteiger partial charge on any atom is -0.338 e. The molecule has 116 valence electrons. The van der Waals surface area contributed by atoms with E-state index >= 15 is 0 Å². The lowest BCUT2D eigenvalue weighted by atomic mass is 9.92. The van der Waals surface area contributed by atoms with Crippen LogP contribution >= 0.6 is 0 Å². The number of likely N-dealkylation sites (tertiary alicyclic amines) is 1. The van der Waals surface area contributed by atoms with Crippen molar-refractivity contribution in [2.75, 3.05) is 13.1 Å². The number of amides is 1. The van der Waals surface area contributed by atoms with Crippen LogP contribution in [-0.2, 0) is 0 Å². The number of benzene rings is 1. The van der Waals surface area contributed by atoms with E-state index in [2.05, 4.69) is 0 Å². The molecule has 7 heteroatoms. The number of nitrogens with zero attached hydrogens (tertiary/aromatic N) is 1. The SMILES string of the molecule is C[C@H](N)[C@@H]1CCCN(C(=O)c2c(F)c(F)cc(F)c2F)C1. The summed E-state index contributed by atoms with van der Waals surface area (Å²) in [7, 11) is 0. The van der Waals surface area contributed by atoms with Crippen LogP contribution in [0.25, 0.3) is 0 Å². The van der Waals surface area contributed by atoms with E-state index in [1.807, 2.05) is 0 Å². The van der Waals surface area contributed by atoms with Gasteiger partial charge in [-0.3, -0.25) is 4.79 Å². The number of piperidine rings is 1. The molecule has 1 heterocycles.